The van der Waals surface area contributed by atoms with E-state index >= 15 is 0 Å². The van der Waals surface area contributed by atoms with Crippen molar-refractivity contribution in [1.29, 1.82) is 0 Å². The topological polar surface area (TPSA) is 66.5 Å². The molecule has 2 rings (SSSR count). The van der Waals surface area contributed by atoms with Crippen molar-refractivity contribution >= 4 is 0 Å². The largest absolute Gasteiger partial charge is 0.508 e. The summed E-state index contributed by atoms with van der Waals surface area (Å²) in [5, 5.41) is 19.4. The molecule has 1 aromatic rings. The van der Waals surface area contributed by atoms with Gasteiger partial charge in [0, 0.05) is 17.5 Å². The Hall–Kier alpha value is -1.22. The summed E-state index contributed by atoms with van der Waals surface area (Å²) in [6, 6.07) is 4.72. The number of rotatable bonds is 2. The third-order valence-electron chi connectivity index (χ3n) is 3.75. The predicted octanol–water partition coefficient (Wildman–Crippen LogP) is 2.26. The number of benzene rings is 1. The Morgan fingerprint density at radius 2 is 1.81 bits per heavy atom. The molecule has 1 fully saturated rings. The van der Waals surface area contributed by atoms with Crippen LogP contribution in [0.5, 0.6) is 11.5 Å². The van der Waals surface area contributed by atoms with Crippen molar-refractivity contribution in [3.05, 3.63) is 23.8 Å². The molecule has 0 radical (unpaired) electrons. The minimum atomic E-state index is -0.138. The van der Waals surface area contributed by atoms with Crippen molar-refractivity contribution in [2.24, 2.45) is 5.73 Å². The molecule has 4 N–H and O–H groups in total. The van der Waals surface area contributed by atoms with Crippen molar-refractivity contribution < 1.29 is 10.2 Å². The molecular formula is C13H19NO2. The van der Waals surface area contributed by atoms with Gasteiger partial charge in [-0.25, -0.2) is 0 Å². The lowest BCUT2D eigenvalue weighted by atomic mass is 9.69. The molecule has 1 aliphatic carbocycles. The lowest BCUT2D eigenvalue weighted by molar-refractivity contribution is 0.289. The average molecular weight is 221 g/mol. The lowest BCUT2D eigenvalue weighted by Gasteiger charge is -2.37. The molecule has 3 heteroatoms. The van der Waals surface area contributed by atoms with Crippen LogP contribution in [0.2, 0.25) is 0 Å². The SMILES string of the molecule is NCC1(c2cc(O)ccc2O)CCCCC1. The Morgan fingerprint density at radius 1 is 1.12 bits per heavy atom. The van der Waals surface area contributed by atoms with E-state index in [1.807, 2.05) is 0 Å². The Balaban J connectivity index is 2.42. The van der Waals surface area contributed by atoms with Crippen LogP contribution in [-0.4, -0.2) is 16.8 Å². The minimum Gasteiger partial charge on any atom is -0.508 e. The van der Waals surface area contributed by atoms with Crippen LogP contribution in [0.3, 0.4) is 0 Å². The van der Waals surface area contributed by atoms with Gasteiger partial charge in [-0.2, -0.15) is 0 Å². The molecule has 0 atom stereocenters. The molecule has 1 saturated carbocycles. The summed E-state index contributed by atoms with van der Waals surface area (Å²) < 4.78 is 0. The van der Waals surface area contributed by atoms with Gasteiger partial charge in [0.15, 0.2) is 0 Å². The zero-order chi connectivity index (χ0) is 11.6. The maximum absolute atomic E-state index is 9.92. The van der Waals surface area contributed by atoms with E-state index in [-0.39, 0.29) is 16.9 Å². The van der Waals surface area contributed by atoms with E-state index in [4.69, 9.17) is 5.73 Å². The van der Waals surface area contributed by atoms with Crippen LogP contribution >= 0.6 is 0 Å². The van der Waals surface area contributed by atoms with E-state index in [1.165, 1.54) is 12.5 Å². The van der Waals surface area contributed by atoms with E-state index < -0.39 is 0 Å². The fourth-order valence-corrected chi connectivity index (χ4v) is 2.76. The monoisotopic (exact) mass is 221 g/mol. The van der Waals surface area contributed by atoms with Gasteiger partial charge < -0.3 is 15.9 Å². The summed E-state index contributed by atoms with van der Waals surface area (Å²) in [5.41, 5.74) is 6.57. The molecule has 1 aromatic carbocycles. The second kappa shape index (κ2) is 4.34. The van der Waals surface area contributed by atoms with Crippen molar-refractivity contribution in [3.63, 3.8) is 0 Å². The molecule has 0 saturated heterocycles. The number of hydrogen-bond acceptors (Lipinski definition) is 3. The second-order valence-electron chi connectivity index (χ2n) is 4.75. The molecule has 0 spiro atoms. The number of aromatic hydroxyl groups is 2. The molecule has 0 bridgehead atoms. The fraction of sp³-hybridized carbons (Fsp3) is 0.538. The zero-order valence-electron chi connectivity index (χ0n) is 9.45. The highest BCUT2D eigenvalue weighted by molar-refractivity contribution is 5.44. The number of nitrogens with two attached hydrogens (primary N) is 1. The molecule has 0 unspecified atom stereocenters. The Kier molecular flexibility index (Phi) is 3.06. The first-order valence-corrected chi connectivity index (χ1v) is 5.90. The Morgan fingerprint density at radius 3 is 2.44 bits per heavy atom. The van der Waals surface area contributed by atoms with Gasteiger partial charge in [0.05, 0.1) is 0 Å². The standard InChI is InChI=1S/C13H19NO2/c14-9-13(6-2-1-3-7-13)11-8-10(15)4-5-12(11)16/h4-5,8,15-16H,1-3,6-7,9,14H2. The van der Waals surface area contributed by atoms with Gasteiger partial charge in [0.25, 0.3) is 0 Å². The molecule has 0 aliphatic heterocycles. The zero-order valence-corrected chi connectivity index (χ0v) is 9.45. The quantitative estimate of drug-likeness (QED) is 0.671. The summed E-state index contributed by atoms with van der Waals surface area (Å²) in [6.45, 7) is 0.532. The van der Waals surface area contributed by atoms with Gasteiger partial charge in [0.2, 0.25) is 0 Å². The van der Waals surface area contributed by atoms with Gasteiger partial charge in [-0.1, -0.05) is 19.3 Å². The van der Waals surface area contributed by atoms with Crippen LogP contribution < -0.4 is 5.73 Å². The highest BCUT2D eigenvalue weighted by Gasteiger charge is 2.34. The Bertz CT molecular complexity index is 370. The van der Waals surface area contributed by atoms with Crippen LogP contribution in [0.4, 0.5) is 0 Å². The van der Waals surface area contributed by atoms with Gasteiger partial charge in [-0.05, 0) is 31.0 Å². The van der Waals surface area contributed by atoms with Crippen LogP contribution in [-0.2, 0) is 5.41 Å². The first-order chi connectivity index (χ1) is 7.68. The number of hydrogen-bond donors (Lipinski definition) is 3. The highest BCUT2D eigenvalue weighted by atomic mass is 16.3. The van der Waals surface area contributed by atoms with E-state index in [0.717, 1.165) is 31.2 Å². The first kappa shape index (κ1) is 11.3. The molecule has 3 nitrogen and oxygen atoms in total. The molecule has 0 heterocycles. The van der Waals surface area contributed by atoms with Crippen LogP contribution in [0.1, 0.15) is 37.7 Å². The van der Waals surface area contributed by atoms with Crippen LogP contribution in [0.15, 0.2) is 18.2 Å². The van der Waals surface area contributed by atoms with Crippen molar-refractivity contribution in [2.75, 3.05) is 6.54 Å². The predicted molar refractivity (Wildman–Crippen MR) is 63.6 cm³/mol. The molecule has 1 aliphatic rings. The van der Waals surface area contributed by atoms with E-state index in [1.54, 1.807) is 12.1 Å². The summed E-state index contributed by atoms with van der Waals surface area (Å²) in [7, 11) is 0. The summed E-state index contributed by atoms with van der Waals surface area (Å²) in [5.74, 6) is 0.455. The van der Waals surface area contributed by atoms with E-state index in [9.17, 15) is 10.2 Å². The average Bonchev–Trinajstić information content (AvgIpc) is 2.33. The van der Waals surface area contributed by atoms with Crippen molar-refractivity contribution in [3.8, 4) is 11.5 Å². The molecule has 16 heavy (non-hydrogen) atoms. The van der Waals surface area contributed by atoms with Gasteiger partial charge in [0.1, 0.15) is 11.5 Å². The van der Waals surface area contributed by atoms with Crippen molar-refractivity contribution in [1.82, 2.24) is 0 Å². The second-order valence-corrected chi connectivity index (χ2v) is 4.75. The summed E-state index contributed by atoms with van der Waals surface area (Å²) in [6.07, 6.45) is 5.53. The molecule has 0 aromatic heterocycles. The molecule has 0 amide bonds. The molecular weight excluding hydrogens is 202 g/mol. The maximum Gasteiger partial charge on any atom is 0.119 e. The van der Waals surface area contributed by atoms with Crippen LogP contribution in [0.25, 0.3) is 0 Å². The summed E-state index contributed by atoms with van der Waals surface area (Å²) >= 11 is 0. The fourth-order valence-electron chi connectivity index (χ4n) is 2.76. The number of phenolic OH excluding ortho intramolecular Hbond substituents is 2. The van der Waals surface area contributed by atoms with E-state index in [2.05, 4.69) is 0 Å². The molecule has 88 valence electrons. The highest BCUT2D eigenvalue weighted by Crippen LogP contribution is 2.43. The van der Waals surface area contributed by atoms with Crippen molar-refractivity contribution in [2.45, 2.75) is 37.5 Å². The maximum atomic E-state index is 9.92. The van der Waals surface area contributed by atoms with Gasteiger partial charge in [-0.15, -0.1) is 0 Å². The van der Waals surface area contributed by atoms with Gasteiger partial charge in [-0.3, -0.25) is 0 Å². The minimum absolute atomic E-state index is 0.138. The number of phenols is 2. The van der Waals surface area contributed by atoms with E-state index in [0.29, 0.717) is 6.54 Å². The Labute approximate surface area is 95.9 Å². The van der Waals surface area contributed by atoms with Gasteiger partial charge >= 0.3 is 0 Å². The summed E-state index contributed by atoms with van der Waals surface area (Å²) in [4.78, 5) is 0. The third-order valence-corrected chi connectivity index (χ3v) is 3.75. The third kappa shape index (κ3) is 1.87. The smallest absolute Gasteiger partial charge is 0.119 e. The lowest BCUT2D eigenvalue weighted by Crippen LogP contribution is -2.37. The first-order valence-electron chi connectivity index (χ1n) is 5.90. The normalized spacial score (nSPS) is 19.6. The van der Waals surface area contributed by atoms with Crippen LogP contribution in [0, 0.1) is 0 Å².